The number of nitrogens with zero attached hydrogens (tertiary/aromatic N) is 1. The molecule has 166 valence electrons. The van der Waals surface area contributed by atoms with Gasteiger partial charge in [-0.3, -0.25) is 4.79 Å². The van der Waals surface area contributed by atoms with Gasteiger partial charge in [-0.05, 0) is 70.9 Å². The zero-order chi connectivity index (χ0) is 22.9. The van der Waals surface area contributed by atoms with Crippen LogP contribution in [0.5, 0.6) is 17.2 Å². The molecular formula is C24H22BrClN2O4. The van der Waals surface area contributed by atoms with Gasteiger partial charge in [-0.2, -0.15) is 5.10 Å². The van der Waals surface area contributed by atoms with E-state index in [0.29, 0.717) is 45.5 Å². The van der Waals surface area contributed by atoms with Gasteiger partial charge in [0.25, 0.3) is 5.91 Å². The van der Waals surface area contributed by atoms with E-state index in [-0.39, 0.29) is 5.91 Å². The van der Waals surface area contributed by atoms with Gasteiger partial charge in [0.2, 0.25) is 0 Å². The number of hydrazone groups is 1. The predicted molar refractivity (Wildman–Crippen MR) is 129 cm³/mol. The van der Waals surface area contributed by atoms with Crippen molar-refractivity contribution in [2.75, 3.05) is 13.7 Å². The second-order valence-electron chi connectivity index (χ2n) is 6.57. The summed E-state index contributed by atoms with van der Waals surface area (Å²) >= 11 is 9.75. The zero-order valence-corrected chi connectivity index (χ0v) is 19.9. The zero-order valence-electron chi connectivity index (χ0n) is 17.6. The molecule has 0 aliphatic rings. The summed E-state index contributed by atoms with van der Waals surface area (Å²) in [6.07, 6.45) is 1.53. The number of hydrogen-bond acceptors (Lipinski definition) is 5. The first-order valence-corrected chi connectivity index (χ1v) is 11.0. The maximum Gasteiger partial charge on any atom is 0.271 e. The Labute approximate surface area is 200 Å². The molecule has 0 aromatic heterocycles. The lowest BCUT2D eigenvalue weighted by atomic mass is 10.2. The van der Waals surface area contributed by atoms with Crippen LogP contribution in [0.2, 0.25) is 5.02 Å². The molecule has 0 saturated heterocycles. The Kier molecular flexibility index (Phi) is 8.53. The van der Waals surface area contributed by atoms with Gasteiger partial charge in [0.05, 0.1) is 24.4 Å². The second-order valence-corrected chi connectivity index (χ2v) is 7.83. The number of ether oxygens (including phenoxy) is 3. The number of nitrogens with one attached hydrogen (secondary N) is 1. The molecule has 3 aromatic carbocycles. The first-order chi connectivity index (χ1) is 15.5. The molecule has 8 heteroatoms. The number of hydrogen-bond donors (Lipinski definition) is 1. The Morgan fingerprint density at radius 1 is 1.12 bits per heavy atom. The molecule has 0 atom stereocenters. The number of amides is 1. The number of carbonyl (C=O) groups excluding carboxylic acids is 1. The van der Waals surface area contributed by atoms with E-state index in [1.807, 2.05) is 37.3 Å². The Morgan fingerprint density at radius 3 is 2.56 bits per heavy atom. The van der Waals surface area contributed by atoms with Crippen LogP contribution in [0.4, 0.5) is 0 Å². The van der Waals surface area contributed by atoms with Crippen molar-refractivity contribution in [3.8, 4) is 17.2 Å². The third-order valence-electron chi connectivity index (χ3n) is 4.39. The quantitative estimate of drug-likeness (QED) is 0.285. The molecule has 0 aliphatic carbocycles. The Hall–Kier alpha value is -3.03. The highest BCUT2D eigenvalue weighted by atomic mass is 79.9. The van der Waals surface area contributed by atoms with Crippen LogP contribution in [0.3, 0.4) is 0 Å². The van der Waals surface area contributed by atoms with E-state index < -0.39 is 0 Å². The fraction of sp³-hybridized carbons (Fsp3) is 0.167. The molecule has 0 radical (unpaired) electrons. The molecule has 3 rings (SSSR count). The van der Waals surface area contributed by atoms with Gasteiger partial charge in [-0.25, -0.2) is 5.43 Å². The maximum atomic E-state index is 12.2. The van der Waals surface area contributed by atoms with Crippen molar-refractivity contribution in [1.29, 1.82) is 0 Å². The fourth-order valence-corrected chi connectivity index (χ4v) is 3.57. The molecular weight excluding hydrogens is 496 g/mol. The normalized spacial score (nSPS) is 10.8. The second kappa shape index (κ2) is 11.5. The van der Waals surface area contributed by atoms with Gasteiger partial charge in [-0.15, -0.1) is 0 Å². The first-order valence-electron chi connectivity index (χ1n) is 9.81. The summed E-state index contributed by atoms with van der Waals surface area (Å²) in [4.78, 5) is 12.2. The first kappa shape index (κ1) is 23.6. The van der Waals surface area contributed by atoms with Crippen LogP contribution in [0.15, 0.2) is 70.2 Å². The van der Waals surface area contributed by atoms with Crippen LogP contribution in [-0.4, -0.2) is 25.8 Å². The summed E-state index contributed by atoms with van der Waals surface area (Å²) < 4.78 is 17.5. The van der Waals surface area contributed by atoms with Crippen molar-refractivity contribution in [3.63, 3.8) is 0 Å². The third kappa shape index (κ3) is 6.24. The minimum atomic E-state index is -0.326. The highest BCUT2D eigenvalue weighted by Gasteiger charge is 2.13. The van der Waals surface area contributed by atoms with Crippen molar-refractivity contribution in [1.82, 2.24) is 5.43 Å². The highest BCUT2D eigenvalue weighted by molar-refractivity contribution is 9.10. The van der Waals surface area contributed by atoms with Crippen LogP contribution < -0.4 is 19.6 Å². The molecule has 32 heavy (non-hydrogen) atoms. The van der Waals surface area contributed by atoms with Crippen molar-refractivity contribution in [3.05, 3.63) is 86.8 Å². The standard InChI is InChI=1S/C24H22BrClN2O4/c1-3-31-22-13-16(14-27-28-24(29)17-8-10-19(30-2)11-9-17)12-20(25)23(22)32-15-18-6-4-5-7-21(18)26/h4-14H,3,15H2,1-2H3,(H,28,29)/b27-14-. The smallest absolute Gasteiger partial charge is 0.271 e. The average Bonchev–Trinajstić information content (AvgIpc) is 2.80. The van der Waals surface area contributed by atoms with E-state index in [0.717, 1.165) is 11.1 Å². The molecule has 3 aromatic rings. The molecule has 6 nitrogen and oxygen atoms in total. The van der Waals surface area contributed by atoms with Crippen molar-refractivity contribution >= 4 is 39.7 Å². The van der Waals surface area contributed by atoms with Crippen LogP contribution in [0, 0.1) is 0 Å². The van der Waals surface area contributed by atoms with E-state index in [1.54, 1.807) is 37.4 Å². The van der Waals surface area contributed by atoms with Gasteiger partial charge in [-0.1, -0.05) is 29.8 Å². The minimum Gasteiger partial charge on any atom is -0.497 e. The summed E-state index contributed by atoms with van der Waals surface area (Å²) in [6.45, 7) is 2.65. The Morgan fingerprint density at radius 2 is 1.88 bits per heavy atom. The summed E-state index contributed by atoms with van der Waals surface area (Å²) in [5.41, 5.74) is 4.58. The number of rotatable bonds is 9. The molecule has 0 heterocycles. The lowest BCUT2D eigenvalue weighted by Gasteiger charge is -2.15. The molecule has 0 fully saturated rings. The fourth-order valence-electron chi connectivity index (χ4n) is 2.80. The van der Waals surface area contributed by atoms with E-state index in [4.69, 9.17) is 25.8 Å². The van der Waals surface area contributed by atoms with Gasteiger partial charge < -0.3 is 14.2 Å². The van der Waals surface area contributed by atoms with Crippen molar-refractivity contribution < 1.29 is 19.0 Å². The van der Waals surface area contributed by atoms with Crippen LogP contribution in [-0.2, 0) is 6.61 Å². The number of halogens is 2. The van der Waals surface area contributed by atoms with Gasteiger partial charge in [0.1, 0.15) is 12.4 Å². The third-order valence-corrected chi connectivity index (χ3v) is 5.35. The molecule has 0 spiro atoms. The number of methoxy groups -OCH3 is 1. The lowest BCUT2D eigenvalue weighted by Crippen LogP contribution is -2.17. The Balaban J connectivity index is 1.71. The summed E-state index contributed by atoms with van der Waals surface area (Å²) in [6, 6.07) is 17.9. The van der Waals surface area contributed by atoms with E-state index >= 15 is 0 Å². The van der Waals surface area contributed by atoms with Crippen LogP contribution in [0.25, 0.3) is 0 Å². The van der Waals surface area contributed by atoms with Crippen LogP contribution in [0.1, 0.15) is 28.4 Å². The summed E-state index contributed by atoms with van der Waals surface area (Å²) in [5, 5.41) is 4.68. The minimum absolute atomic E-state index is 0.295. The average molecular weight is 518 g/mol. The van der Waals surface area contributed by atoms with E-state index in [2.05, 4.69) is 26.5 Å². The molecule has 1 amide bonds. The topological polar surface area (TPSA) is 69.2 Å². The largest absolute Gasteiger partial charge is 0.497 e. The SMILES string of the molecule is CCOc1cc(/C=N\NC(=O)c2ccc(OC)cc2)cc(Br)c1OCc1ccccc1Cl. The molecule has 0 bridgehead atoms. The predicted octanol–water partition coefficient (Wildman–Crippen LogP) is 5.85. The van der Waals surface area contributed by atoms with Crippen molar-refractivity contribution in [2.24, 2.45) is 5.10 Å². The lowest BCUT2D eigenvalue weighted by molar-refractivity contribution is 0.0955. The van der Waals surface area contributed by atoms with Crippen LogP contribution >= 0.6 is 27.5 Å². The molecule has 0 aliphatic heterocycles. The molecule has 0 saturated carbocycles. The molecule has 1 N–H and O–H groups in total. The van der Waals surface area contributed by atoms with Crippen molar-refractivity contribution in [2.45, 2.75) is 13.5 Å². The van der Waals surface area contributed by atoms with E-state index in [9.17, 15) is 4.79 Å². The van der Waals surface area contributed by atoms with Gasteiger partial charge in [0.15, 0.2) is 11.5 Å². The number of benzene rings is 3. The summed E-state index contributed by atoms with van der Waals surface area (Å²) in [5.74, 6) is 1.46. The van der Waals surface area contributed by atoms with Gasteiger partial charge in [0, 0.05) is 16.1 Å². The Bertz CT molecular complexity index is 1100. The monoisotopic (exact) mass is 516 g/mol. The summed E-state index contributed by atoms with van der Waals surface area (Å²) in [7, 11) is 1.57. The maximum absolute atomic E-state index is 12.2. The molecule has 0 unspecified atom stereocenters. The van der Waals surface area contributed by atoms with Gasteiger partial charge >= 0.3 is 0 Å². The number of carbonyl (C=O) groups is 1. The highest BCUT2D eigenvalue weighted by Crippen LogP contribution is 2.37. The van der Waals surface area contributed by atoms with E-state index in [1.165, 1.54) is 6.21 Å².